The molecule has 2 atom stereocenters. The molecule has 4 N–H and O–H groups in total. The number of halogens is 4. The zero-order chi connectivity index (χ0) is 37.9. The summed E-state index contributed by atoms with van der Waals surface area (Å²) >= 11 is 9.73. The van der Waals surface area contributed by atoms with Crippen molar-refractivity contribution in [2.75, 3.05) is 92.5 Å². The van der Waals surface area contributed by atoms with Gasteiger partial charge in [0.25, 0.3) is 0 Å². The summed E-state index contributed by atoms with van der Waals surface area (Å²) in [6.45, 7) is 24.1. The predicted octanol–water partition coefficient (Wildman–Crippen LogP) is 5.65. The maximum atomic E-state index is 8.99. The molecule has 2 rings (SSSR count). The van der Waals surface area contributed by atoms with Gasteiger partial charge >= 0.3 is 64.9 Å². The molecule has 12 nitrogen and oxygen atoms in total. The molecule has 294 valence electrons. The molecular formula is C31H64I4O12V-. The summed E-state index contributed by atoms with van der Waals surface area (Å²) in [4.78, 5) is -0.278. The Balaban J connectivity index is -0.000000753. The van der Waals surface area contributed by atoms with Crippen LogP contribution in [0.3, 0.4) is 0 Å². The molecular weight excluding hydrogens is 1120 g/mol. The molecule has 2 fully saturated rings. The second-order valence-electron chi connectivity index (χ2n) is 12.3. The Hall–Kier alpha value is 3.02. The Morgan fingerprint density at radius 1 is 0.646 bits per heavy atom. The second kappa shape index (κ2) is 32.3. The summed E-state index contributed by atoms with van der Waals surface area (Å²) in [7, 11) is 0. The van der Waals surface area contributed by atoms with E-state index in [4.69, 9.17) is 58.3 Å². The molecule has 48 heavy (non-hydrogen) atoms. The topological polar surface area (TPSA) is 155 Å². The summed E-state index contributed by atoms with van der Waals surface area (Å²) in [5, 5.41) is 35.6. The minimum absolute atomic E-state index is 0.00455. The molecule has 2 aliphatic rings. The average Bonchev–Trinajstić information content (AvgIpc) is 3.01. The Bertz CT molecular complexity index is 667. The van der Waals surface area contributed by atoms with Gasteiger partial charge in [-0.1, -0.05) is 36.4 Å². The third kappa shape index (κ3) is 32.5. The van der Waals surface area contributed by atoms with E-state index in [1.807, 2.05) is 41.5 Å². The van der Waals surface area contributed by atoms with Crippen molar-refractivity contribution >= 4 is 82.5 Å². The van der Waals surface area contributed by atoms with Gasteiger partial charge in [0.1, 0.15) is 0 Å². The van der Waals surface area contributed by atoms with Crippen molar-refractivity contribution in [3.05, 3.63) is 6.92 Å². The number of ether oxygens (including phenoxy) is 8. The molecule has 2 saturated heterocycles. The number of hydrogen-bond donors (Lipinski definition) is 4. The van der Waals surface area contributed by atoms with Crippen LogP contribution in [-0.2, 0) is 42.8 Å². The van der Waals surface area contributed by atoms with Crippen LogP contribution in [0.4, 0.5) is 0 Å². The third-order valence-corrected chi connectivity index (χ3v) is 6.08. The molecule has 0 aromatic rings. The van der Waals surface area contributed by atoms with E-state index in [2.05, 4.69) is 103 Å². The molecule has 0 aromatic carbocycles. The third-order valence-electron chi connectivity index (χ3n) is 6.08. The fourth-order valence-corrected chi connectivity index (χ4v) is 3.40. The number of hydrogen-bond acceptors (Lipinski definition) is 12. The fourth-order valence-electron chi connectivity index (χ4n) is 3.40. The van der Waals surface area contributed by atoms with Gasteiger partial charge in [-0.25, -0.2) is 0 Å². The van der Waals surface area contributed by atoms with Gasteiger partial charge in [-0.3, -0.25) is 0 Å². The quantitative estimate of drug-likeness (QED) is 0.0859. The van der Waals surface area contributed by atoms with Crippen LogP contribution in [0, 0.1) is 17.8 Å². The van der Waals surface area contributed by atoms with Crippen LogP contribution < -0.4 is 0 Å². The van der Waals surface area contributed by atoms with Crippen LogP contribution in [0.25, 0.3) is 0 Å². The molecule has 0 aromatic heterocycles. The summed E-state index contributed by atoms with van der Waals surface area (Å²) < 4.78 is 45.5. The van der Waals surface area contributed by atoms with Crippen molar-refractivity contribution in [3.8, 4) is 0 Å². The van der Waals surface area contributed by atoms with Gasteiger partial charge < -0.3 is 65.2 Å². The predicted molar refractivity (Wildman–Crippen MR) is 220 cm³/mol. The molecule has 2 aliphatic heterocycles. The van der Waals surface area contributed by atoms with Crippen LogP contribution in [0.15, 0.2) is 0 Å². The molecule has 0 spiro atoms. The van der Waals surface area contributed by atoms with E-state index in [-0.39, 0.29) is 43.6 Å². The first-order valence-corrected chi connectivity index (χ1v) is 30.6. The molecule has 17 heteroatoms. The van der Waals surface area contributed by atoms with Gasteiger partial charge in [-0.15, -0.1) is 0 Å². The maximum absolute atomic E-state index is 8.99. The van der Waals surface area contributed by atoms with Crippen molar-refractivity contribution < 1.29 is 63.2 Å². The monoisotopic (exact) mass is 1190 g/mol. The van der Waals surface area contributed by atoms with Crippen molar-refractivity contribution in [1.82, 2.24) is 0 Å². The number of rotatable bonds is 16. The Kier molecular flexibility index (Phi) is 37.2. The first-order valence-electron chi connectivity index (χ1n) is 15.8. The average molecular weight is 1190 g/mol. The van der Waals surface area contributed by atoms with E-state index >= 15 is 0 Å². The van der Waals surface area contributed by atoms with Gasteiger partial charge in [-0.2, -0.15) is 6.92 Å². The Morgan fingerprint density at radius 3 is 1.17 bits per heavy atom. The molecule has 0 bridgehead atoms. The van der Waals surface area contributed by atoms with E-state index < -0.39 is 22.4 Å². The SMILES string of the molecule is CC(C)I.CC(COCC1(COCC(C)OCCO)COC(C)(C)OC1)OCCO.CC1(C)OCC(CO)(CO)CO1.[CH2-]C.[I][V]([I])[I]. The van der Waals surface area contributed by atoms with Crippen molar-refractivity contribution in [2.24, 2.45) is 10.8 Å². The summed E-state index contributed by atoms with van der Waals surface area (Å²) in [6, 6.07) is 0. The number of aliphatic hydroxyl groups excluding tert-OH is 4. The van der Waals surface area contributed by atoms with Gasteiger partial charge in [0.05, 0.1) is 116 Å². The number of alkyl halides is 1. The van der Waals surface area contributed by atoms with E-state index in [0.717, 1.165) is 3.92 Å². The zero-order valence-electron chi connectivity index (χ0n) is 30.4. The zero-order valence-corrected chi connectivity index (χ0v) is 40.4. The first kappa shape index (κ1) is 55.4. The van der Waals surface area contributed by atoms with E-state index in [0.29, 0.717) is 66.1 Å². The van der Waals surface area contributed by atoms with Gasteiger partial charge in [0, 0.05) is 3.92 Å². The van der Waals surface area contributed by atoms with Crippen LogP contribution >= 0.6 is 82.5 Å². The molecule has 0 amide bonds. The standard InChI is InChI=1S/C18H36O8.C8H16O4.C3H7I.C2H5.3HI.V/c1-15(23-7-5-19)9-21-11-18(13-25-17(3,4)26-14-18)12-22-10-16(2)24-8-6-20;1-7(2)11-5-8(3-9,4-10)6-12-7;1-3(2)4;1-2;;;;/h15-16,19-20H,5-14H2,1-4H3;9-10H,3-6H2,1-2H3;3H,1-2H3;1H2,2H3;3*1H;/q;;;-1;;;;+3/p-3. The molecule has 0 aliphatic carbocycles. The molecule has 0 saturated carbocycles. The van der Waals surface area contributed by atoms with Crippen molar-refractivity contribution in [3.63, 3.8) is 0 Å². The van der Waals surface area contributed by atoms with Crippen LogP contribution in [0.2, 0.25) is 0 Å². The van der Waals surface area contributed by atoms with Gasteiger partial charge in [0.2, 0.25) is 0 Å². The summed E-state index contributed by atoms with van der Waals surface area (Å²) in [5.41, 5.74) is -1.02. The molecule has 2 unspecified atom stereocenters. The van der Waals surface area contributed by atoms with Gasteiger partial charge in [0.15, 0.2) is 11.6 Å². The van der Waals surface area contributed by atoms with Crippen molar-refractivity contribution in [1.29, 1.82) is 0 Å². The van der Waals surface area contributed by atoms with E-state index in [1.165, 1.54) is 0 Å². The number of aliphatic hydroxyl groups is 4. The second-order valence-corrected chi connectivity index (χ2v) is 50.2. The van der Waals surface area contributed by atoms with Gasteiger partial charge in [-0.05, 0) is 41.5 Å². The van der Waals surface area contributed by atoms with Crippen LogP contribution in [0.5, 0.6) is 0 Å². The summed E-state index contributed by atoms with van der Waals surface area (Å²) in [6.07, 6.45) is -0.206. The van der Waals surface area contributed by atoms with Crippen molar-refractivity contribution in [2.45, 2.75) is 90.0 Å². The fraction of sp³-hybridized carbons (Fsp3) is 0.968. The Morgan fingerprint density at radius 2 is 0.917 bits per heavy atom. The molecule has 2 heterocycles. The minimum atomic E-state index is -0.616. The first-order chi connectivity index (χ1) is 22.3. The normalized spacial score (nSPS) is 20.0. The van der Waals surface area contributed by atoms with Crippen LogP contribution in [0.1, 0.15) is 62.3 Å². The van der Waals surface area contributed by atoms with E-state index in [9.17, 15) is 0 Å². The van der Waals surface area contributed by atoms with E-state index in [1.54, 1.807) is 6.92 Å². The summed E-state index contributed by atoms with van der Waals surface area (Å²) in [5.74, 6) is -1.20. The molecule has 0 radical (unpaired) electrons. The Labute approximate surface area is 342 Å². The van der Waals surface area contributed by atoms with Crippen LogP contribution in [-0.4, -0.2) is 141 Å².